The van der Waals surface area contributed by atoms with E-state index in [1.807, 2.05) is 36.4 Å². The zero-order valence-electron chi connectivity index (χ0n) is 13.5. The molecular formula is C18H18N4O2. The largest absolute Gasteiger partial charge is 0.481 e. The Balaban J connectivity index is 1.63. The zero-order chi connectivity index (χ0) is 16.4. The number of pyridine rings is 2. The van der Waals surface area contributed by atoms with Crippen molar-refractivity contribution < 1.29 is 9.15 Å². The van der Waals surface area contributed by atoms with Crippen molar-refractivity contribution >= 4 is 5.82 Å². The van der Waals surface area contributed by atoms with Gasteiger partial charge in [0, 0.05) is 25.2 Å². The summed E-state index contributed by atoms with van der Waals surface area (Å²) >= 11 is 0. The topological polar surface area (TPSA) is 64.3 Å². The van der Waals surface area contributed by atoms with Crippen molar-refractivity contribution in [3.63, 3.8) is 0 Å². The van der Waals surface area contributed by atoms with Gasteiger partial charge >= 0.3 is 0 Å². The molecule has 0 bridgehead atoms. The molecule has 24 heavy (non-hydrogen) atoms. The highest BCUT2D eigenvalue weighted by Crippen LogP contribution is 2.27. The summed E-state index contributed by atoms with van der Waals surface area (Å²) < 4.78 is 11.2. The molecule has 0 fully saturated rings. The molecule has 0 aliphatic carbocycles. The predicted molar refractivity (Wildman–Crippen MR) is 89.9 cm³/mol. The maximum Gasteiger partial charge on any atom is 0.245 e. The Morgan fingerprint density at radius 3 is 2.92 bits per heavy atom. The molecular weight excluding hydrogens is 304 g/mol. The van der Waals surface area contributed by atoms with Crippen molar-refractivity contribution in [3.05, 3.63) is 54.0 Å². The fraction of sp³-hybridized carbons (Fsp3) is 0.278. The lowest BCUT2D eigenvalue weighted by Crippen LogP contribution is -2.23. The molecule has 1 aliphatic heterocycles. The first-order valence-corrected chi connectivity index (χ1v) is 7.99. The second-order valence-corrected chi connectivity index (χ2v) is 5.67. The fourth-order valence-electron chi connectivity index (χ4n) is 2.88. The van der Waals surface area contributed by atoms with Crippen LogP contribution in [-0.2, 0) is 13.0 Å². The molecule has 4 rings (SSSR count). The summed E-state index contributed by atoms with van der Waals surface area (Å²) in [6, 6.07) is 11.5. The van der Waals surface area contributed by atoms with Gasteiger partial charge in [0.05, 0.1) is 13.7 Å². The lowest BCUT2D eigenvalue weighted by molar-refractivity contribution is 0.397. The number of rotatable bonds is 3. The van der Waals surface area contributed by atoms with E-state index in [0.717, 1.165) is 42.4 Å². The number of ether oxygens (including phenoxy) is 1. The highest BCUT2D eigenvalue weighted by molar-refractivity contribution is 5.48. The standard InChI is InChI=1S/C18H18N4O2/c1-23-17-9-4-8-16(21-17)22-11-5-7-15-14(12-22)20-18(24-15)13-6-2-3-10-19-13/h2-4,6,8-10H,5,7,11-12H2,1H3. The minimum Gasteiger partial charge on any atom is -0.481 e. The molecule has 0 unspecified atom stereocenters. The van der Waals surface area contributed by atoms with Crippen LogP contribution in [0.5, 0.6) is 5.88 Å². The Morgan fingerprint density at radius 2 is 2.08 bits per heavy atom. The van der Waals surface area contributed by atoms with Crippen LogP contribution >= 0.6 is 0 Å². The van der Waals surface area contributed by atoms with Crippen LogP contribution < -0.4 is 9.64 Å². The molecule has 0 aromatic carbocycles. The smallest absolute Gasteiger partial charge is 0.245 e. The van der Waals surface area contributed by atoms with E-state index in [1.165, 1.54) is 0 Å². The number of methoxy groups -OCH3 is 1. The Morgan fingerprint density at radius 1 is 1.12 bits per heavy atom. The van der Waals surface area contributed by atoms with E-state index in [2.05, 4.69) is 19.9 Å². The molecule has 6 nitrogen and oxygen atoms in total. The molecule has 0 N–H and O–H groups in total. The van der Waals surface area contributed by atoms with Crippen molar-refractivity contribution in [2.24, 2.45) is 0 Å². The normalized spacial score (nSPS) is 14.1. The van der Waals surface area contributed by atoms with Gasteiger partial charge in [0.15, 0.2) is 0 Å². The molecule has 1 aliphatic rings. The van der Waals surface area contributed by atoms with Gasteiger partial charge < -0.3 is 14.1 Å². The van der Waals surface area contributed by atoms with Gasteiger partial charge in [-0.3, -0.25) is 4.98 Å². The molecule has 0 radical (unpaired) electrons. The van der Waals surface area contributed by atoms with E-state index < -0.39 is 0 Å². The maximum absolute atomic E-state index is 5.96. The number of aryl methyl sites for hydroxylation is 1. The van der Waals surface area contributed by atoms with Gasteiger partial charge in [-0.15, -0.1) is 0 Å². The van der Waals surface area contributed by atoms with E-state index in [-0.39, 0.29) is 0 Å². The molecule has 0 spiro atoms. The van der Waals surface area contributed by atoms with Gasteiger partial charge in [0.2, 0.25) is 11.8 Å². The fourth-order valence-corrected chi connectivity index (χ4v) is 2.88. The summed E-state index contributed by atoms with van der Waals surface area (Å²) in [7, 11) is 1.63. The molecule has 0 atom stereocenters. The highest BCUT2D eigenvalue weighted by atomic mass is 16.5. The second kappa shape index (κ2) is 6.31. The van der Waals surface area contributed by atoms with Gasteiger partial charge in [-0.05, 0) is 24.6 Å². The Hall–Kier alpha value is -2.89. The number of hydrogen-bond acceptors (Lipinski definition) is 6. The lowest BCUT2D eigenvalue weighted by Gasteiger charge is -2.21. The van der Waals surface area contributed by atoms with Gasteiger partial charge in [0.25, 0.3) is 0 Å². The van der Waals surface area contributed by atoms with Crippen LogP contribution in [0.2, 0.25) is 0 Å². The number of hydrogen-bond donors (Lipinski definition) is 0. The van der Waals surface area contributed by atoms with Crippen LogP contribution in [0.15, 0.2) is 47.0 Å². The third-order valence-electron chi connectivity index (χ3n) is 4.08. The first-order valence-electron chi connectivity index (χ1n) is 7.99. The Kier molecular flexibility index (Phi) is 3.86. The molecule has 0 saturated carbocycles. The molecule has 122 valence electrons. The minimum atomic E-state index is 0.584. The van der Waals surface area contributed by atoms with Crippen molar-refractivity contribution in [2.45, 2.75) is 19.4 Å². The summed E-state index contributed by atoms with van der Waals surface area (Å²) in [5.74, 6) is 3.04. The number of anilines is 1. The van der Waals surface area contributed by atoms with Crippen LogP contribution in [0.3, 0.4) is 0 Å². The summed E-state index contributed by atoms with van der Waals surface area (Å²) in [6.07, 6.45) is 3.61. The third kappa shape index (κ3) is 2.82. The number of fused-ring (bicyclic) bond motifs is 1. The molecule has 6 heteroatoms. The van der Waals surface area contributed by atoms with Crippen LogP contribution in [-0.4, -0.2) is 28.6 Å². The first kappa shape index (κ1) is 14.7. The van der Waals surface area contributed by atoms with Gasteiger partial charge in [-0.25, -0.2) is 4.98 Å². The summed E-state index contributed by atoms with van der Waals surface area (Å²) in [4.78, 5) is 15.7. The highest BCUT2D eigenvalue weighted by Gasteiger charge is 2.22. The molecule has 3 aromatic heterocycles. The maximum atomic E-state index is 5.96. The predicted octanol–water partition coefficient (Wildman–Crippen LogP) is 3.09. The summed E-state index contributed by atoms with van der Waals surface area (Å²) in [6.45, 7) is 1.58. The molecule has 0 saturated heterocycles. The number of oxazole rings is 1. The number of aromatic nitrogens is 3. The van der Waals surface area contributed by atoms with Crippen LogP contribution in [0.4, 0.5) is 5.82 Å². The first-order chi connectivity index (χ1) is 11.8. The summed E-state index contributed by atoms with van der Waals surface area (Å²) in [5, 5.41) is 0. The van der Waals surface area contributed by atoms with Gasteiger partial charge in [-0.1, -0.05) is 12.1 Å². The SMILES string of the molecule is COc1cccc(N2CCCc3oc(-c4ccccn4)nc3C2)n1. The van der Waals surface area contributed by atoms with Crippen molar-refractivity contribution in [3.8, 4) is 17.5 Å². The molecule has 4 heterocycles. The Labute approximate surface area is 140 Å². The molecule has 0 amide bonds. The van der Waals surface area contributed by atoms with E-state index in [0.29, 0.717) is 18.3 Å². The van der Waals surface area contributed by atoms with Crippen LogP contribution in [0, 0.1) is 0 Å². The van der Waals surface area contributed by atoms with E-state index in [9.17, 15) is 0 Å². The van der Waals surface area contributed by atoms with Gasteiger partial charge in [0.1, 0.15) is 23.0 Å². The van der Waals surface area contributed by atoms with Crippen molar-refractivity contribution in [1.82, 2.24) is 15.0 Å². The van der Waals surface area contributed by atoms with E-state index in [4.69, 9.17) is 9.15 Å². The van der Waals surface area contributed by atoms with Crippen LogP contribution in [0.1, 0.15) is 17.9 Å². The monoisotopic (exact) mass is 322 g/mol. The quantitative estimate of drug-likeness (QED) is 0.738. The minimum absolute atomic E-state index is 0.584. The number of nitrogens with zero attached hydrogens (tertiary/aromatic N) is 4. The average Bonchev–Trinajstić information content (AvgIpc) is 2.94. The molecule has 3 aromatic rings. The Bertz CT molecular complexity index is 832. The second-order valence-electron chi connectivity index (χ2n) is 5.67. The van der Waals surface area contributed by atoms with E-state index in [1.54, 1.807) is 13.3 Å². The summed E-state index contributed by atoms with van der Waals surface area (Å²) in [5.41, 5.74) is 1.72. The average molecular weight is 322 g/mol. The van der Waals surface area contributed by atoms with Crippen LogP contribution in [0.25, 0.3) is 11.6 Å². The zero-order valence-corrected chi connectivity index (χ0v) is 13.5. The lowest BCUT2D eigenvalue weighted by atomic mass is 10.2. The van der Waals surface area contributed by atoms with E-state index >= 15 is 0 Å². The van der Waals surface area contributed by atoms with Crippen molar-refractivity contribution in [2.75, 3.05) is 18.6 Å². The van der Waals surface area contributed by atoms with Gasteiger partial charge in [-0.2, -0.15) is 4.98 Å². The van der Waals surface area contributed by atoms with Crippen molar-refractivity contribution in [1.29, 1.82) is 0 Å². The third-order valence-corrected chi connectivity index (χ3v) is 4.08.